The van der Waals surface area contributed by atoms with Crippen LogP contribution in [0.4, 0.5) is 14.6 Å². The summed E-state index contributed by atoms with van der Waals surface area (Å²) in [6, 6.07) is 3.13. The van der Waals surface area contributed by atoms with Crippen molar-refractivity contribution in [2.24, 2.45) is 5.92 Å². The second-order valence-corrected chi connectivity index (χ2v) is 8.44. The number of ether oxygens (including phenoxy) is 1. The standard InChI is InChI=1S/C23H26F2N4O3/c1-13-8-16(10-27-22(13)32-12-19(24)25)14(2)29-11-18-17(23(29)31)6-7-26-21(18)28-20(30)9-15-4-3-5-15/h6-8,10,14-15,19H,3-5,9,11-12H2,1-2H3,(H,26,28,30). The van der Waals surface area contributed by atoms with Gasteiger partial charge >= 0.3 is 0 Å². The number of nitrogens with one attached hydrogen (secondary N) is 1. The fourth-order valence-electron chi connectivity index (χ4n) is 4.10. The lowest BCUT2D eigenvalue weighted by Crippen LogP contribution is -2.27. The zero-order chi connectivity index (χ0) is 22.8. The van der Waals surface area contributed by atoms with Gasteiger partial charge in [0.15, 0.2) is 6.61 Å². The van der Waals surface area contributed by atoms with Crippen molar-refractivity contribution in [3.8, 4) is 5.88 Å². The van der Waals surface area contributed by atoms with Gasteiger partial charge in [-0.3, -0.25) is 9.59 Å². The molecular weight excluding hydrogens is 418 g/mol. The van der Waals surface area contributed by atoms with Crippen molar-refractivity contribution in [1.82, 2.24) is 14.9 Å². The van der Waals surface area contributed by atoms with Gasteiger partial charge in [-0.15, -0.1) is 0 Å². The monoisotopic (exact) mass is 444 g/mol. The summed E-state index contributed by atoms with van der Waals surface area (Å²) in [5, 5.41) is 2.88. The lowest BCUT2D eigenvalue weighted by molar-refractivity contribution is -0.117. The van der Waals surface area contributed by atoms with Gasteiger partial charge in [-0.1, -0.05) is 6.42 Å². The summed E-state index contributed by atoms with van der Waals surface area (Å²) in [6.45, 7) is 3.20. The zero-order valence-electron chi connectivity index (χ0n) is 18.1. The number of hydrogen-bond donors (Lipinski definition) is 1. The van der Waals surface area contributed by atoms with Crippen molar-refractivity contribution in [2.75, 3.05) is 11.9 Å². The van der Waals surface area contributed by atoms with Crippen LogP contribution in [0, 0.1) is 12.8 Å². The molecule has 1 atom stereocenters. The molecule has 2 amide bonds. The van der Waals surface area contributed by atoms with Crippen LogP contribution in [0.25, 0.3) is 0 Å². The fourth-order valence-corrected chi connectivity index (χ4v) is 4.10. The highest BCUT2D eigenvalue weighted by molar-refractivity contribution is 6.01. The molecule has 0 bridgehead atoms. The third-order valence-corrected chi connectivity index (χ3v) is 6.18. The van der Waals surface area contributed by atoms with E-state index < -0.39 is 13.0 Å². The number of rotatable bonds is 8. The molecule has 0 radical (unpaired) electrons. The van der Waals surface area contributed by atoms with Crippen LogP contribution >= 0.6 is 0 Å². The topological polar surface area (TPSA) is 84.4 Å². The molecule has 32 heavy (non-hydrogen) atoms. The van der Waals surface area contributed by atoms with Gasteiger partial charge < -0.3 is 15.0 Å². The number of anilines is 1. The molecule has 1 aliphatic carbocycles. The number of amides is 2. The lowest BCUT2D eigenvalue weighted by Gasteiger charge is -2.25. The zero-order valence-corrected chi connectivity index (χ0v) is 18.1. The SMILES string of the molecule is Cc1cc(C(C)N2Cc3c(ccnc3NC(=O)CC3CCC3)C2=O)cnc1OCC(F)F. The summed E-state index contributed by atoms with van der Waals surface area (Å²) in [6.07, 6.45) is 4.30. The van der Waals surface area contributed by atoms with Gasteiger partial charge in [-0.2, -0.15) is 0 Å². The van der Waals surface area contributed by atoms with E-state index in [2.05, 4.69) is 15.3 Å². The predicted molar refractivity (Wildman–Crippen MR) is 114 cm³/mol. The van der Waals surface area contributed by atoms with Gasteiger partial charge in [0.1, 0.15) is 5.82 Å². The van der Waals surface area contributed by atoms with E-state index in [1.807, 2.05) is 6.92 Å². The first-order valence-corrected chi connectivity index (χ1v) is 10.8. The molecule has 4 rings (SSSR count). The number of aryl methyl sites for hydroxylation is 1. The van der Waals surface area contributed by atoms with Crippen molar-refractivity contribution in [1.29, 1.82) is 0 Å². The molecule has 1 N–H and O–H groups in total. The van der Waals surface area contributed by atoms with E-state index >= 15 is 0 Å². The van der Waals surface area contributed by atoms with E-state index in [-0.39, 0.29) is 23.7 Å². The van der Waals surface area contributed by atoms with Crippen molar-refractivity contribution in [2.45, 2.75) is 58.5 Å². The average Bonchev–Trinajstić information content (AvgIpc) is 3.07. The molecule has 170 valence electrons. The molecular formula is C23H26F2N4O3. The summed E-state index contributed by atoms with van der Waals surface area (Å²) in [5.41, 5.74) is 2.60. The molecule has 1 unspecified atom stereocenters. The van der Waals surface area contributed by atoms with E-state index in [9.17, 15) is 18.4 Å². The molecule has 0 aromatic carbocycles. The normalized spacial score (nSPS) is 16.7. The van der Waals surface area contributed by atoms with E-state index in [0.29, 0.717) is 41.4 Å². The molecule has 3 heterocycles. The summed E-state index contributed by atoms with van der Waals surface area (Å²) < 4.78 is 29.8. The van der Waals surface area contributed by atoms with Crippen LogP contribution < -0.4 is 10.1 Å². The number of hydrogen-bond acceptors (Lipinski definition) is 5. The van der Waals surface area contributed by atoms with Crippen LogP contribution in [0.5, 0.6) is 5.88 Å². The third-order valence-electron chi connectivity index (χ3n) is 6.18. The number of pyridine rings is 2. The summed E-state index contributed by atoms with van der Waals surface area (Å²) in [7, 11) is 0. The van der Waals surface area contributed by atoms with Crippen LogP contribution in [0.15, 0.2) is 24.5 Å². The Balaban J connectivity index is 1.48. The first-order chi connectivity index (χ1) is 15.3. The molecule has 7 nitrogen and oxygen atoms in total. The Morgan fingerprint density at radius 1 is 1.34 bits per heavy atom. The number of carbonyl (C=O) groups excluding carboxylic acids is 2. The molecule has 0 spiro atoms. The number of nitrogens with zero attached hydrogens (tertiary/aromatic N) is 3. The van der Waals surface area contributed by atoms with E-state index in [4.69, 9.17) is 4.74 Å². The van der Waals surface area contributed by atoms with Gasteiger partial charge in [0, 0.05) is 35.5 Å². The first kappa shape index (κ1) is 22.1. The highest BCUT2D eigenvalue weighted by Gasteiger charge is 2.34. The van der Waals surface area contributed by atoms with Crippen LogP contribution in [-0.2, 0) is 11.3 Å². The van der Waals surface area contributed by atoms with Crippen LogP contribution in [0.3, 0.4) is 0 Å². The molecule has 1 aliphatic heterocycles. The predicted octanol–water partition coefficient (Wildman–Crippen LogP) is 4.27. The second-order valence-electron chi connectivity index (χ2n) is 8.44. The minimum absolute atomic E-state index is 0.0752. The van der Waals surface area contributed by atoms with Crippen LogP contribution in [0.1, 0.15) is 65.7 Å². The first-order valence-electron chi connectivity index (χ1n) is 10.8. The minimum Gasteiger partial charge on any atom is -0.471 e. The van der Waals surface area contributed by atoms with Gasteiger partial charge in [0.25, 0.3) is 12.3 Å². The maximum Gasteiger partial charge on any atom is 0.272 e. The maximum atomic E-state index is 13.1. The van der Waals surface area contributed by atoms with Crippen molar-refractivity contribution in [3.05, 3.63) is 46.8 Å². The van der Waals surface area contributed by atoms with Crippen LogP contribution in [0.2, 0.25) is 0 Å². The second kappa shape index (κ2) is 9.18. The van der Waals surface area contributed by atoms with E-state index in [1.54, 1.807) is 24.0 Å². The quantitative estimate of drug-likeness (QED) is 0.657. The minimum atomic E-state index is -2.58. The van der Waals surface area contributed by atoms with Gasteiger partial charge in [-0.05, 0) is 50.3 Å². The van der Waals surface area contributed by atoms with Gasteiger partial charge in [0.2, 0.25) is 11.8 Å². The summed E-state index contributed by atoms with van der Waals surface area (Å²) in [5.74, 6) is 0.792. The van der Waals surface area contributed by atoms with Crippen LogP contribution in [-0.4, -0.2) is 39.7 Å². The molecule has 2 aliphatic rings. The van der Waals surface area contributed by atoms with Gasteiger partial charge in [0.05, 0.1) is 12.6 Å². The maximum absolute atomic E-state index is 13.1. The highest BCUT2D eigenvalue weighted by Crippen LogP contribution is 2.35. The molecule has 2 aromatic rings. The van der Waals surface area contributed by atoms with Crippen molar-refractivity contribution < 1.29 is 23.1 Å². The largest absolute Gasteiger partial charge is 0.471 e. The summed E-state index contributed by atoms with van der Waals surface area (Å²) in [4.78, 5) is 35.6. The van der Waals surface area contributed by atoms with Gasteiger partial charge in [-0.25, -0.2) is 18.7 Å². The number of halogens is 2. The number of alkyl halides is 2. The Bertz CT molecular complexity index is 1030. The fraction of sp³-hybridized carbons (Fsp3) is 0.478. The lowest BCUT2D eigenvalue weighted by atomic mass is 9.83. The number of carbonyl (C=O) groups is 2. The molecule has 1 saturated carbocycles. The van der Waals surface area contributed by atoms with E-state index in [0.717, 1.165) is 18.4 Å². The van der Waals surface area contributed by atoms with E-state index in [1.165, 1.54) is 18.8 Å². The molecule has 0 saturated heterocycles. The Morgan fingerprint density at radius 2 is 2.12 bits per heavy atom. The molecule has 1 fully saturated rings. The number of fused-ring (bicyclic) bond motifs is 1. The van der Waals surface area contributed by atoms with Crippen molar-refractivity contribution >= 4 is 17.6 Å². The Morgan fingerprint density at radius 3 is 2.78 bits per heavy atom. The summed E-state index contributed by atoms with van der Waals surface area (Å²) >= 11 is 0. The molecule has 2 aromatic heterocycles. The smallest absolute Gasteiger partial charge is 0.272 e. The Labute approximate surface area is 185 Å². The number of aromatic nitrogens is 2. The molecule has 9 heteroatoms. The third kappa shape index (κ3) is 4.56. The average molecular weight is 444 g/mol. The Kier molecular flexibility index (Phi) is 6.34. The Hall–Kier alpha value is -3.10. The van der Waals surface area contributed by atoms with Crippen molar-refractivity contribution in [3.63, 3.8) is 0 Å². The highest BCUT2D eigenvalue weighted by atomic mass is 19.3.